The van der Waals surface area contributed by atoms with Crippen molar-refractivity contribution >= 4 is 41.8 Å². The van der Waals surface area contributed by atoms with Crippen LogP contribution in [0.3, 0.4) is 0 Å². The van der Waals surface area contributed by atoms with Crippen LogP contribution in [0.15, 0.2) is 60.7 Å². The molecule has 0 saturated heterocycles. The van der Waals surface area contributed by atoms with Gasteiger partial charge in [-0.1, -0.05) is 81.4 Å². The van der Waals surface area contributed by atoms with Crippen molar-refractivity contribution in [3.05, 3.63) is 71.8 Å². The van der Waals surface area contributed by atoms with Gasteiger partial charge in [-0.3, -0.25) is 14.4 Å². The summed E-state index contributed by atoms with van der Waals surface area (Å²) in [5.74, 6) is -4.64. The van der Waals surface area contributed by atoms with E-state index in [2.05, 4.69) is 9.47 Å². The first-order valence-corrected chi connectivity index (χ1v) is 17.1. The molecule has 0 saturated carbocycles. The van der Waals surface area contributed by atoms with Gasteiger partial charge in [0.05, 0.1) is 0 Å². The van der Waals surface area contributed by atoms with Crippen molar-refractivity contribution in [1.82, 2.24) is 0 Å². The summed E-state index contributed by atoms with van der Waals surface area (Å²) in [6.45, 7) is 11.5. The highest BCUT2D eigenvalue weighted by molar-refractivity contribution is 5.79. The quantitative estimate of drug-likeness (QED) is 0.140. The third-order valence-corrected chi connectivity index (χ3v) is 6.10. The van der Waals surface area contributed by atoms with Gasteiger partial charge in [0.2, 0.25) is 0 Å². The predicted molar refractivity (Wildman–Crippen MR) is 191 cm³/mol. The van der Waals surface area contributed by atoms with Crippen molar-refractivity contribution in [3.63, 3.8) is 0 Å². The maximum atomic E-state index is 11.6. The van der Waals surface area contributed by atoms with Gasteiger partial charge in [0.15, 0.2) is 18.3 Å². The number of carboxylic acid groups (broad SMARTS) is 2. The Morgan fingerprint density at radius 3 is 1.09 bits per heavy atom. The molecule has 0 aromatic heterocycles. The molecule has 2 aromatic carbocycles. The molecule has 15 heteroatoms. The minimum Gasteiger partial charge on any atom is -0.479 e. The number of aliphatic hydroxyl groups is 1. The number of esters is 5. The summed E-state index contributed by atoms with van der Waals surface area (Å²) in [5, 5.41) is 25.5. The SMILES string of the molecule is CCCC(=O)O[C@@H](C)C(=O)O.CCCC(=O)O[C@@H](C)C(=O)O.CCCC(=O)O[C@@H](C)C(=O)OCc1ccccc1.C[C@H](O)C(=O)OCc1ccccc1. The van der Waals surface area contributed by atoms with E-state index in [4.69, 9.17) is 29.5 Å². The van der Waals surface area contributed by atoms with Crippen LogP contribution in [0.25, 0.3) is 0 Å². The lowest BCUT2D eigenvalue weighted by atomic mass is 10.2. The van der Waals surface area contributed by atoms with Gasteiger partial charge >= 0.3 is 41.8 Å². The molecular formula is C38H54O15. The molecule has 3 N–H and O–H groups in total. The summed E-state index contributed by atoms with van der Waals surface area (Å²) in [5.41, 5.74) is 1.81. The maximum absolute atomic E-state index is 11.6. The van der Waals surface area contributed by atoms with E-state index < -0.39 is 60.2 Å². The number of aliphatic carboxylic acids is 2. The third-order valence-electron chi connectivity index (χ3n) is 6.10. The second-order valence-electron chi connectivity index (χ2n) is 11.2. The molecular weight excluding hydrogens is 696 g/mol. The number of benzene rings is 2. The zero-order valence-corrected chi connectivity index (χ0v) is 31.5. The third kappa shape index (κ3) is 28.0. The average Bonchev–Trinajstić information content (AvgIpc) is 3.11. The van der Waals surface area contributed by atoms with Crippen LogP contribution in [0.1, 0.15) is 98.1 Å². The largest absolute Gasteiger partial charge is 0.479 e. The molecule has 0 amide bonds. The Labute approximate surface area is 310 Å². The Morgan fingerprint density at radius 1 is 0.509 bits per heavy atom. The van der Waals surface area contributed by atoms with Gasteiger partial charge in [-0.15, -0.1) is 0 Å². The highest BCUT2D eigenvalue weighted by Gasteiger charge is 2.19. The molecule has 0 radical (unpaired) electrons. The van der Waals surface area contributed by atoms with Crippen LogP contribution in [0.2, 0.25) is 0 Å². The summed E-state index contributed by atoms with van der Waals surface area (Å²) in [4.78, 5) is 75.3. The van der Waals surface area contributed by atoms with Gasteiger partial charge in [0.1, 0.15) is 19.3 Å². The smallest absolute Gasteiger partial charge is 0.347 e. The Balaban J connectivity index is 0. The van der Waals surface area contributed by atoms with Gasteiger partial charge in [-0.25, -0.2) is 19.2 Å². The van der Waals surface area contributed by atoms with E-state index in [0.717, 1.165) is 11.1 Å². The van der Waals surface area contributed by atoms with Gasteiger partial charge in [0.25, 0.3) is 0 Å². The first-order chi connectivity index (χ1) is 25.0. The molecule has 0 fully saturated rings. The minimum absolute atomic E-state index is 0.190. The molecule has 0 unspecified atom stereocenters. The molecule has 0 aliphatic rings. The highest BCUT2D eigenvalue weighted by atomic mass is 16.6. The van der Waals surface area contributed by atoms with Crippen LogP contribution >= 0.6 is 0 Å². The number of carbonyl (C=O) groups excluding carboxylic acids is 5. The first kappa shape index (κ1) is 49.8. The van der Waals surface area contributed by atoms with Crippen molar-refractivity contribution < 1.29 is 72.6 Å². The van der Waals surface area contributed by atoms with Crippen molar-refractivity contribution in [1.29, 1.82) is 0 Å². The van der Waals surface area contributed by atoms with E-state index in [-0.39, 0.29) is 32.0 Å². The van der Waals surface area contributed by atoms with Crippen LogP contribution < -0.4 is 0 Å². The normalized spacial score (nSPS) is 12.0. The summed E-state index contributed by atoms with van der Waals surface area (Å²) < 4.78 is 23.8. The van der Waals surface area contributed by atoms with E-state index in [0.29, 0.717) is 25.7 Å². The van der Waals surface area contributed by atoms with Crippen LogP contribution in [0, 0.1) is 0 Å². The fraction of sp³-hybridized carbons (Fsp3) is 0.500. The van der Waals surface area contributed by atoms with Crippen molar-refractivity contribution in [2.45, 2.75) is 125 Å². The van der Waals surface area contributed by atoms with Crippen LogP contribution in [-0.2, 0) is 70.5 Å². The molecule has 296 valence electrons. The molecule has 0 heterocycles. The Bertz CT molecular complexity index is 1320. The maximum Gasteiger partial charge on any atom is 0.347 e. The van der Waals surface area contributed by atoms with Crippen molar-refractivity contribution in [2.75, 3.05) is 0 Å². The van der Waals surface area contributed by atoms with Gasteiger partial charge in [-0.05, 0) is 58.1 Å². The predicted octanol–water partition coefficient (Wildman–Crippen LogP) is 5.18. The molecule has 0 aliphatic carbocycles. The number of rotatable bonds is 17. The zero-order chi connectivity index (χ0) is 40.8. The second kappa shape index (κ2) is 30.3. The number of carboxylic acids is 2. The Kier molecular flexibility index (Phi) is 28.5. The van der Waals surface area contributed by atoms with E-state index in [9.17, 15) is 33.6 Å². The topological polar surface area (TPSA) is 226 Å². The lowest BCUT2D eigenvalue weighted by Gasteiger charge is -2.12. The lowest BCUT2D eigenvalue weighted by molar-refractivity contribution is -0.167. The molecule has 0 spiro atoms. The number of carbonyl (C=O) groups is 7. The standard InChI is InChI=1S/C14H18O4.C10H12O3.2C7H12O4/c1-3-7-13(15)18-11(2)14(16)17-10-12-8-5-4-6-9-12;1-8(11)10(12)13-7-9-5-3-2-4-6-9;2*1-3-4-6(8)11-5(2)7(9)10/h4-6,8-9,11H,3,7,10H2,1-2H3;2-6,8,11H,7H2,1H3;2*5H,3-4H2,1-2H3,(H,9,10)/t11-;8-;2*5-/m0000/s1. The Hall–Kier alpha value is -5.31. The van der Waals surface area contributed by atoms with E-state index in [1.54, 1.807) is 0 Å². The van der Waals surface area contributed by atoms with Crippen LogP contribution in [0.4, 0.5) is 0 Å². The lowest BCUT2D eigenvalue weighted by Crippen LogP contribution is -2.26. The summed E-state index contributed by atoms with van der Waals surface area (Å²) in [7, 11) is 0. The number of hydrogen-bond acceptors (Lipinski definition) is 13. The number of aliphatic hydroxyl groups excluding tert-OH is 1. The molecule has 15 nitrogen and oxygen atoms in total. The molecule has 0 aliphatic heterocycles. The molecule has 2 rings (SSSR count). The molecule has 53 heavy (non-hydrogen) atoms. The highest BCUT2D eigenvalue weighted by Crippen LogP contribution is 2.05. The van der Waals surface area contributed by atoms with Gasteiger partial charge < -0.3 is 39.0 Å². The monoisotopic (exact) mass is 750 g/mol. The van der Waals surface area contributed by atoms with Crippen LogP contribution in [-0.4, -0.2) is 81.5 Å². The van der Waals surface area contributed by atoms with E-state index >= 15 is 0 Å². The van der Waals surface area contributed by atoms with Gasteiger partial charge in [-0.2, -0.15) is 0 Å². The molecule has 4 atom stereocenters. The molecule has 2 aromatic rings. The Morgan fingerprint density at radius 2 is 0.811 bits per heavy atom. The van der Waals surface area contributed by atoms with Crippen LogP contribution in [0.5, 0.6) is 0 Å². The second-order valence-corrected chi connectivity index (χ2v) is 11.2. The fourth-order valence-electron chi connectivity index (χ4n) is 3.22. The summed E-state index contributed by atoms with van der Waals surface area (Å²) in [6.07, 6.45) is -1.06. The zero-order valence-electron chi connectivity index (χ0n) is 31.5. The van der Waals surface area contributed by atoms with E-state index in [1.807, 2.05) is 81.4 Å². The van der Waals surface area contributed by atoms with E-state index in [1.165, 1.54) is 27.7 Å². The van der Waals surface area contributed by atoms with Crippen molar-refractivity contribution in [3.8, 4) is 0 Å². The van der Waals surface area contributed by atoms with Crippen molar-refractivity contribution in [2.24, 2.45) is 0 Å². The summed E-state index contributed by atoms with van der Waals surface area (Å²) in [6, 6.07) is 18.7. The first-order valence-electron chi connectivity index (χ1n) is 17.1. The molecule has 0 bridgehead atoms. The average molecular weight is 751 g/mol. The number of hydrogen-bond donors (Lipinski definition) is 3. The minimum atomic E-state index is -1.12. The number of ether oxygens (including phenoxy) is 5. The summed E-state index contributed by atoms with van der Waals surface area (Å²) >= 11 is 0. The fourth-order valence-corrected chi connectivity index (χ4v) is 3.22. The van der Waals surface area contributed by atoms with Gasteiger partial charge in [0, 0.05) is 19.3 Å².